The molecular formula is C7H11NO3. The SMILES string of the molecule is CC(CC1=NCCO1)C(=O)O. The van der Waals surface area contributed by atoms with E-state index in [0.29, 0.717) is 25.5 Å². The van der Waals surface area contributed by atoms with Gasteiger partial charge in [0.15, 0.2) is 5.90 Å². The monoisotopic (exact) mass is 157 g/mol. The van der Waals surface area contributed by atoms with Crippen molar-refractivity contribution < 1.29 is 14.6 Å². The Kier molecular flexibility index (Phi) is 2.46. The zero-order chi connectivity index (χ0) is 8.27. The van der Waals surface area contributed by atoms with Gasteiger partial charge in [-0.25, -0.2) is 0 Å². The van der Waals surface area contributed by atoms with Gasteiger partial charge in [-0.05, 0) is 0 Å². The number of ether oxygens (including phenoxy) is 1. The normalized spacial score (nSPS) is 18.8. The van der Waals surface area contributed by atoms with Gasteiger partial charge in [0.2, 0.25) is 0 Å². The summed E-state index contributed by atoms with van der Waals surface area (Å²) in [5.41, 5.74) is 0. The molecule has 0 radical (unpaired) electrons. The Labute approximate surface area is 64.9 Å². The first kappa shape index (κ1) is 8.04. The molecule has 0 aromatic heterocycles. The summed E-state index contributed by atoms with van der Waals surface area (Å²) in [4.78, 5) is 14.4. The van der Waals surface area contributed by atoms with Crippen molar-refractivity contribution in [3.63, 3.8) is 0 Å². The minimum atomic E-state index is -0.803. The number of aliphatic carboxylic acids is 1. The molecule has 0 aromatic rings. The van der Waals surface area contributed by atoms with Gasteiger partial charge in [-0.1, -0.05) is 6.92 Å². The van der Waals surface area contributed by atoms with Crippen LogP contribution in [0.25, 0.3) is 0 Å². The lowest BCUT2D eigenvalue weighted by Crippen LogP contribution is -2.14. The molecule has 0 saturated carbocycles. The number of aliphatic imine (C=N–C) groups is 1. The first-order valence-electron chi connectivity index (χ1n) is 3.59. The molecule has 4 nitrogen and oxygen atoms in total. The smallest absolute Gasteiger partial charge is 0.306 e. The van der Waals surface area contributed by atoms with Gasteiger partial charge in [-0.15, -0.1) is 0 Å². The molecule has 1 rings (SSSR count). The van der Waals surface area contributed by atoms with Gasteiger partial charge >= 0.3 is 5.97 Å². The van der Waals surface area contributed by atoms with Crippen LogP contribution in [-0.4, -0.2) is 30.1 Å². The summed E-state index contributed by atoms with van der Waals surface area (Å²) in [5.74, 6) is -0.616. The third-order valence-electron chi connectivity index (χ3n) is 1.55. The predicted octanol–water partition coefficient (Wildman–Crippen LogP) is 0.526. The van der Waals surface area contributed by atoms with Gasteiger partial charge < -0.3 is 9.84 Å². The van der Waals surface area contributed by atoms with Gasteiger partial charge in [-0.2, -0.15) is 0 Å². The van der Waals surface area contributed by atoms with E-state index in [0.717, 1.165) is 0 Å². The van der Waals surface area contributed by atoms with Crippen LogP contribution in [0, 0.1) is 5.92 Å². The molecule has 1 N–H and O–H groups in total. The highest BCUT2D eigenvalue weighted by Gasteiger charge is 2.17. The molecule has 4 heteroatoms. The van der Waals surface area contributed by atoms with Crippen molar-refractivity contribution in [2.75, 3.05) is 13.2 Å². The van der Waals surface area contributed by atoms with Crippen molar-refractivity contribution in [1.82, 2.24) is 0 Å². The van der Waals surface area contributed by atoms with Gasteiger partial charge in [0.1, 0.15) is 6.61 Å². The first-order chi connectivity index (χ1) is 5.20. The minimum absolute atomic E-state index is 0.396. The van der Waals surface area contributed by atoms with Crippen molar-refractivity contribution in [2.24, 2.45) is 10.9 Å². The zero-order valence-electron chi connectivity index (χ0n) is 6.41. The summed E-state index contributed by atoms with van der Waals surface area (Å²) >= 11 is 0. The van der Waals surface area contributed by atoms with E-state index < -0.39 is 11.9 Å². The Morgan fingerprint density at radius 3 is 3.09 bits per heavy atom. The second kappa shape index (κ2) is 3.37. The molecule has 0 amide bonds. The number of carbonyl (C=O) groups is 1. The third-order valence-corrected chi connectivity index (χ3v) is 1.55. The van der Waals surface area contributed by atoms with Gasteiger partial charge in [0, 0.05) is 6.42 Å². The van der Waals surface area contributed by atoms with Crippen molar-refractivity contribution in [3.05, 3.63) is 0 Å². The molecule has 0 aromatic carbocycles. The fourth-order valence-electron chi connectivity index (χ4n) is 0.852. The third kappa shape index (κ3) is 2.22. The molecule has 0 spiro atoms. The van der Waals surface area contributed by atoms with Gasteiger partial charge in [-0.3, -0.25) is 9.79 Å². The van der Waals surface area contributed by atoms with E-state index in [2.05, 4.69) is 4.99 Å². The maximum Gasteiger partial charge on any atom is 0.306 e. The number of hydrogen-bond donors (Lipinski definition) is 1. The number of nitrogens with zero attached hydrogens (tertiary/aromatic N) is 1. The van der Waals surface area contributed by atoms with Crippen LogP contribution in [0.2, 0.25) is 0 Å². The Bertz CT molecular complexity index is 188. The number of rotatable bonds is 3. The van der Waals surface area contributed by atoms with E-state index in [1.165, 1.54) is 0 Å². The average Bonchev–Trinajstić information content (AvgIpc) is 2.39. The highest BCUT2D eigenvalue weighted by atomic mass is 16.5. The zero-order valence-corrected chi connectivity index (χ0v) is 6.41. The number of carboxylic acid groups (broad SMARTS) is 1. The van der Waals surface area contributed by atoms with E-state index >= 15 is 0 Å². The van der Waals surface area contributed by atoms with Crippen molar-refractivity contribution in [1.29, 1.82) is 0 Å². The number of carboxylic acids is 1. The molecule has 0 fully saturated rings. The molecule has 1 aliphatic heterocycles. The van der Waals surface area contributed by atoms with E-state index in [4.69, 9.17) is 9.84 Å². The standard InChI is InChI=1S/C7H11NO3/c1-5(7(9)10)4-6-8-2-3-11-6/h5H,2-4H2,1H3,(H,9,10). The summed E-state index contributed by atoms with van der Waals surface area (Å²) in [6.07, 6.45) is 0.412. The van der Waals surface area contributed by atoms with Gasteiger partial charge in [0.05, 0.1) is 12.5 Å². The quantitative estimate of drug-likeness (QED) is 0.650. The Hall–Kier alpha value is -1.06. The number of hydrogen-bond acceptors (Lipinski definition) is 3. The van der Waals surface area contributed by atoms with Crippen molar-refractivity contribution >= 4 is 11.9 Å². The maximum absolute atomic E-state index is 10.4. The van der Waals surface area contributed by atoms with E-state index in [9.17, 15) is 4.79 Å². The summed E-state index contributed by atoms with van der Waals surface area (Å²) in [5, 5.41) is 8.53. The second-order valence-electron chi connectivity index (χ2n) is 2.57. The Morgan fingerprint density at radius 2 is 2.64 bits per heavy atom. The Morgan fingerprint density at radius 1 is 1.91 bits per heavy atom. The highest BCUT2D eigenvalue weighted by Crippen LogP contribution is 2.07. The van der Waals surface area contributed by atoms with Crippen LogP contribution in [0.3, 0.4) is 0 Å². The average molecular weight is 157 g/mol. The molecule has 0 bridgehead atoms. The van der Waals surface area contributed by atoms with Crippen LogP contribution in [0.4, 0.5) is 0 Å². The summed E-state index contributed by atoms with van der Waals surface area (Å²) in [6.45, 7) is 2.91. The van der Waals surface area contributed by atoms with Gasteiger partial charge in [0.25, 0.3) is 0 Å². The molecular weight excluding hydrogens is 146 g/mol. The van der Waals surface area contributed by atoms with E-state index in [1.807, 2.05) is 0 Å². The van der Waals surface area contributed by atoms with Crippen LogP contribution in [0.15, 0.2) is 4.99 Å². The largest absolute Gasteiger partial charge is 0.481 e. The second-order valence-corrected chi connectivity index (χ2v) is 2.57. The van der Waals surface area contributed by atoms with Crippen LogP contribution >= 0.6 is 0 Å². The highest BCUT2D eigenvalue weighted by molar-refractivity contribution is 5.82. The first-order valence-corrected chi connectivity index (χ1v) is 3.59. The summed E-state index contributed by atoms with van der Waals surface area (Å²) in [7, 11) is 0. The fraction of sp³-hybridized carbons (Fsp3) is 0.714. The fourth-order valence-corrected chi connectivity index (χ4v) is 0.852. The lowest BCUT2D eigenvalue weighted by molar-refractivity contribution is -0.140. The van der Waals surface area contributed by atoms with Crippen LogP contribution < -0.4 is 0 Å². The van der Waals surface area contributed by atoms with Crippen molar-refractivity contribution in [3.8, 4) is 0 Å². The molecule has 62 valence electrons. The molecule has 11 heavy (non-hydrogen) atoms. The minimum Gasteiger partial charge on any atom is -0.481 e. The molecule has 1 atom stereocenters. The lowest BCUT2D eigenvalue weighted by atomic mass is 10.1. The molecule has 0 aliphatic carbocycles. The van der Waals surface area contributed by atoms with Crippen LogP contribution in [-0.2, 0) is 9.53 Å². The van der Waals surface area contributed by atoms with Crippen LogP contribution in [0.5, 0.6) is 0 Å². The van der Waals surface area contributed by atoms with E-state index in [1.54, 1.807) is 6.92 Å². The molecule has 0 saturated heterocycles. The lowest BCUT2D eigenvalue weighted by Gasteiger charge is -2.04. The molecule has 1 unspecified atom stereocenters. The predicted molar refractivity (Wildman–Crippen MR) is 39.7 cm³/mol. The van der Waals surface area contributed by atoms with Crippen LogP contribution in [0.1, 0.15) is 13.3 Å². The van der Waals surface area contributed by atoms with E-state index in [-0.39, 0.29) is 0 Å². The maximum atomic E-state index is 10.4. The summed E-state index contributed by atoms with van der Waals surface area (Å²) in [6, 6.07) is 0. The molecule has 1 aliphatic rings. The topological polar surface area (TPSA) is 58.9 Å². The summed E-state index contributed by atoms with van der Waals surface area (Å²) < 4.78 is 5.06. The molecule has 1 heterocycles. The Balaban J connectivity index is 2.35. The van der Waals surface area contributed by atoms with Crippen molar-refractivity contribution in [2.45, 2.75) is 13.3 Å².